The van der Waals surface area contributed by atoms with Gasteiger partial charge in [-0.15, -0.1) is 6.42 Å². The summed E-state index contributed by atoms with van der Waals surface area (Å²) in [6.45, 7) is 7.84. The van der Waals surface area contributed by atoms with E-state index in [1.807, 2.05) is 24.3 Å². The first-order valence-corrected chi connectivity index (χ1v) is 5.76. The van der Waals surface area contributed by atoms with Crippen molar-refractivity contribution in [1.82, 2.24) is 5.32 Å². The molecule has 0 aliphatic rings. The summed E-state index contributed by atoms with van der Waals surface area (Å²) < 4.78 is 0. The zero-order valence-electron chi connectivity index (χ0n) is 10.9. The summed E-state index contributed by atoms with van der Waals surface area (Å²) in [4.78, 5) is 11.9. The van der Waals surface area contributed by atoms with Gasteiger partial charge in [0.25, 0.3) is 5.91 Å². The lowest BCUT2D eigenvalue weighted by molar-refractivity contribution is 0.0930. The van der Waals surface area contributed by atoms with Crippen molar-refractivity contribution >= 4 is 5.91 Å². The van der Waals surface area contributed by atoms with Crippen molar-refractivity contribution in [2.45, 2.75) is 39.2 Å². The molecule has 0 spiro atoms. The normalized spacial score (nSPS) is 11.1. The van der Waals surface area contributed by atoms with Crippen LogP contribution in [0.25, 0.3) is 0 Å². The Morgan fingerprint density at radius 2 is 1.82 bits per heavy atom. The van der Waals surface area contributed by atoms with Crippen molar-refractivity contribution in [2.24, 2.45) is 0 Å². The van der Waals surface area contributed by atoms with Gasteiger partial charge in [0.15, 0.2) is 0 Å². The Morgan fingerprint density at radius 1 is 1.29 bits per heavy atom. The molecule has 0 fully saturated rings. The molecule has 0 atom stereocenters. The zero-order valence-corrected chi connectivity index (χ0v) is 10.9. The van der Waals surface area contributed by atoms with E-state index in [0.29, 0.717) is 11.5 Å². The van der Waals surface area contributed by atoms with Crippen LogP contribution in [0.15, 0.2) is 24.3 Å². The monoisotopic (exact) mass is 229 g/mol. The second kappa shape index (κ2) is 5.05. The first kappa shape index (κ1) is 13.3. The summed E-state index contributed by atoms with van der Waals surface area (Å²) in [5, 5.41) is 2.80. The lowest BCUT2D eigenvalue weighted by atomic mass is 10.0. The quantitative estimate of drug-likeness (QED) is 0.793. The molecule has 0 aromatic heterocycles. The molecular formula is C15H19NO. The van der Waals surface area contributed by atoms with Gasteiger partial charge in [0, 0.05) is 5.56 Å². The van der Waals surface area contributed by atoms with Crippen LogP contribution in [-0.4, -0.2) is 11.4 Å². The Kier molecular flexibility index (Phi) is 3.96. The van der Waals surface area contributed by atoms with Crippen LogP contribution >= 0.6 is 0 Å². The summed E-state index contributed by atoms with van der Waals surface area (Å²) in [6.07, 6.45) is 5.33. The number of carbonyl (C=O) groups excluding carboxylic acids is 1. The molecule has 0 saturated heterocycles. The first-order valence-electron chi connectivity index (χ1n) is 5.76. The van der Waals surface area contributed by atoms with Crippen LogP contribution in [0, 0.1) is 12.3 Å². The number of amides is 1. The highest BCUT2D eigenvalue weighted by molar-refractivity contribution is 5.94. The predicted octanol–water partition coefficient (Wildman–Crippen LogP) is 2.95. The van der Waals surface area contributed by atoms with Gasteiger partial charge in [-0.05, 0) is 37.5 Å². The molecule has 0 bridgehead atoms. The van der Waals surface area contributed by atoms with Crippen LogP contribution in [-0.2, 0) is 0 Å². The Balaban J connectivity index is 2.81. The molecule has 0 heterocycles. The molecule has 0 aliphatic carbocycles. The summed E-state index contributed by atoms with van der Waals surface area (Å²) >= 11 is 0. The molecule has 1 aromatic carbocycles. The van der Waals surface area contributed by atoms with Crippen molar-refractivity contribution < 1.29 is 4.79 Å². The van der Waals surface area contributed by atoms with E-state index >= 15 is 0 Å². The van der Waals surface area contributed by atoms with Gasteiger partial charge in [-0.1, -0.05) is 31.9 Å². The second-order valence-corrected chi connectivity index (χ2v) is 5.00. The van der Waals surface area contributed by atoms with Gasteiger partial charge in [0.05, 0.1) is 5.54 Å². The van der Waals surface area contributed by atoms with Gasteiger partial charge < -0.3 is 5.32 Å². The summed E-state index contributed by atoms with van der Waals surface area (Å²) in [5.74, 6) is 2.87. The van der Waals surface area contributed by atoms with Gasteiger partial charge in [-0.25, -0.2) is 0 Å². The van der Waals surface area contributed by atoms with E-state index in [4.69, 9.17) is 6.42 Å². The maximum Gasteiger partial charge on any atom is 0.252 e. The van der Waals surface area contributed by atoms with E-state index < -0.39 is 5.54 Å². The third kappa shape index (κ3) is 3.64. The van der Waals surface area contributed by atoms with Crippen molar-refractivity contribution in [3.8, 4) is 12.3 Å². The van der Waals surface area contributed by atoms with E-state index in [0.717, 1.165) is 0 Å². The fraction of sp³-hybridized carbons (Fsp3) is 0.400. The molecule has 0 aliphatic heterocycles. The molecule has 1 aromatic rings. The van der Waals surface area contributed by atoms with Gasteiger partial charge in [0.1, 0.15) is 0 Å². The Morgan fingerprint density at radius 3 is 2.24 bits per heavy atom. The number of carbonyl (C=O) groups is 1. The lowest BCUT2D eigenvalue weighted by Crippen LogP contribution is -2.42. The van der Waals surface area contributed by atoms with Gasteiger partial charge in [-0.2, -0.15) is 0 Å². The molecule has 0 saturated carbocycles. The number of benzene rings is 1. The molecular weight excluding hydrogens is 210 g/mol. The van der Waals surface area contributed by atoms with Gasteiger partial charge in [-0.3, -0.25) is 4.79 Å². The highest BCUT2D eigenvalue weighted by Crippen LogP contribution is 2.15. The van der Waals surface area contributed by atoms with E-state index in [1.54, 1.807) is 13.8 Å². The molecule has 0 radical (unpaired) electrons. The Hall–Kier alpha value is -1.75. The lowest BCUT2D eigenvalue weighted by Gasteiger charge is -2.19. The largest absolute Gasteiger partial charge is 0.336 e. The Labute approximate surface area is 103 Å². The maximum absolute atomic E-state index is 11.9. The second-order valence-electron chi connectivity index (χ2n) is 5.00. The number of hydrogen-bond donors (Lipinski definition) is 1. The SMILES string of the molecule is C#CC(C)(C)NC(=O)c1ccc(C(C)C)cc1. The molecule has 1 rings (SSSR count). The van der Waals surface area contributed by atoms with E-state index in [1.165, 1.54) is 5.56 Å². The fourth-order valence-electron chi connectivity index (χ4n) is 1.41. The highest BCUT2D eigenvalue weighted by atomic mass is 16.1. The third-order valence-corrected chi connectivity index (χ3v) is 2.63. The predicted molar refractivity (Wildman–Crippen MR) is 70.9 cm³/mol. The van der Waals surface area contributed by atoms with Crippen molar-refractivity contribution in [1.29, 1.82) is 0 Å². The highest BCUT2D eigenvalue weighted by Gasteiger charge is 2.17. The van der Waals surface area contributed by atoms with E-state index in [2.05, 4.69) is 25.1 Å². The van der Waals surface area contributed by atoms with Crippen LogP contribution in [0.2, 0.25) is 0 Å². The molecule has 1 amide bonds. The van der Waals surface area contributed by atoms with Crippen LogP contribution in [0.4, 0.5) is 0 Å². The van der Waals surface area contributed by atoms with Crippen LogP contribution in [0.1, 0.15) is 49.5 Å². The molecule has 2 heteroatoms. The summed E-state index contributed by atoms with van der Waals surface area (Å²) in [6, 6.07) is 7.61. The van der Waals surface area contributed by atoms with Crippen molar-refractivity contribution in [3.05, 3.63) is 35.4 Å². The average Bonchev–Trinajstić information content (AvgIpc) is 2.28. The minimum absolute atomic E-state index is 0.136. The van der Waals surface area contributed by atoms with Gasteiger partial charge in [0.2, 0.25) is 0 Å². The number of terminal acetylenes is 1. The molecule has 2 nitrogen and oxygen atoms in total. The van der Waals surface area contributed by atoms with Crippen LogP contribution < -0.4 is 5.32 Å². The minimum Gasteiger partial charge on any atom is -0.336 e. The first-order chi connectivity index (χ1) is 7.85. The van der Waals surface area contributed by atoms with E-state index in [-0.39, 0.29) is 5.91 Å². The molecule has 0 unspecified atom stereocenters. The minimum atomic E-state index is -0.617. The van der Waals surface area contributed by atoms with E-state index in [9.17, 15) is 4.79 Å². The number of rotatable bonds is 3. The third-order valence-electron chi connectivity index (χ3n) is 2.63. The maximum atomic E-state index is 11.9. The summed E-state index contributed by atoms with van der Waals surface area (Å²) in [5.41, 5.74) is 1.24. The summed E-state index contributed by atoms with van der Waals surface area (Å²) in [7, 11) is 0. The van der Waals surface area contributed by atoms with Crippen LogP contribution in [0.3, 0.4) is 0 Å². The van der Waals surface area contributed by atoms with Gasteiger partial charge >= 0.3 is 0 Å². The zero-order chi connectivity index (χ0) is 13.1. The smallest absolute Gasteiger partial charge is 0.252 e. The Bertz CT molecular complexity index is 435. The molecule has 17 heavy (non-hydrogen) atoms. The number of hydrogen-bond acceptors (Lipinski definition) is 1. The topological polar surface area (TPSA) is 29.1 Å². The van der Waals surface area contributed by atoms with Crippen molar-refractivity contribution in [3.63, 3.8) is 0 Å². The number of nitrogens with one attached hydrogen (secondary N) is 1. The van der Waals surface area contributed by atoms with Crippen LogP contribution in [0.5, 0.6) is 0 Å². The standard InChI is InChI=1S/C15H19NO/c1-6-15(4,5)16-14(17)13-9-7-12(8-10-13)11(2)3/h1,7-11H,2-5H3,(H,16,17). The fourth-order valence-corrected chi connectivity index (χ4v) is 1.41. The average molecular weight is 229 g/mol. The molecule has 90 valence electrons. The van der Waals surface area contributed by atoms with Crippen molar-refractivity contribution in [2.75, 3.05) is 0 Å². The molecule has 1 N–H and O–H groups in total.